The van der Waals surface area contributed by atoms with E-state index in [0.29, 0.717) is 13.2 Å². The highest BCUT2D eigenvalue weighted by molar-refractivity contribution is 5.81. The van der Waals surface area contributed by atoms with Crippen LogP contribution in [0.4, 0.5) is 0 Å². The van der Waals surface area contributed by atoms with Gasteiger partial charge in [0, 0.05) is 19.0 Å². The highest BCUT2D eigenvalue weighted by Gasteiger charge is 2.46. The Morgan fingerprint density at radius 3 is 3.00 bits per heavy atom. The van der Waals surface area contributed by atoms with Crippen LogP contribution < -0.4 is 10.6 Å². The van der Waals surface area contributed by atoms with E-state index in [1.54, 1.807) is 6.08 Å². The minimum Gasteiger partial charge on any atom is -0.465 e. The number of nitrogens with one attached hydrogen (secondary N) is 2. The minimum absolute atomic E-state index is 0.116. The molecule has 1 rings (SSSR count). The molecule has 4 nitrogen and oxygen atoms in total. The fourth-order valence-corrected chi connectivity index (χ4v) is 2.52. The quantitative estimate of drug-likeness (QED) is 0.539. The van der Waals surface area contributed by atoms with Gasteiger partial charge in [0.05, 0.1) is 6.61 Å². The normalized spacial score (nSPS) is 28.7. The molecule has 1 fully saturated rings. The van der Waals surface area contributed by atoms with Crippen LogP contribution in [0.1, 0.15) is 26.7 Å². The van der Waals surface area contributed by atoms with E-state index in [9.17, 15) is 4.79 Å². The van der Waals surface area contributed by atoms with Crippen LogP contribution >= 0.6 is 0 Å². The van der Waals surface area contributed by atoms with Crippen molar-refractivity contribution < 1.29 is 9.53 Å². The number of carbonyl (C=O) groups is 1. The van der Waals surface area contributed by atoms with E-state index in [1.807, 2.05) is 6.92 Å². The van der Waals surface area contributed by atoms with Gasteiger partial charge in [-0.1, -0.05) is 13.0 Å². The lowest BCUT2D eigenvalue weighted by molar-refractivity contribution is -0.155. The SMILES string of the molecule is C=CCNC1(C(=O)OCC)CCNCC1CC. The van der Waals surface area contributed by atoms with Crippen molar-refractivity contribution >= 4 is 5.97 Å². The molecule has 0 aromatic heterocycles. The first kappa shape index (κ1) is 14.2. The molecule has 17 heavy (non-hydrogen) atoms. The van der Waals surface area contributed by atoms with Crippen LogP contribution in [0.25, 0.3) is 0 Å². The molecular formula is C13H24N2O2. The van der Waals surface area contributed by atoms with Crippen molar-refractivity contribution in [2.24, 2.45) is 5.92 Å². The summed E-state index contributed by atoms with van der Waals surface area (Å²) in [6.45, 7) is 10.4. The van der Waals surface area contributed by atoms with E-state index in [1.165, 1.54) is 0 Å². The van der Waals surface area contributed by atoms with Crippen LogP contribution in [0, 0.1) is 5.92 Å². The van der Waals surface area contributed by atoms with Gasteiger partial charge in [0.2, 0.25) is 0 Å². The summed E-state index contributed by atoms with van der Waals surface area (Å²) < 4.78 is 5.25. The number of ether oxygens (including phenoxy) is 1. The van der Waals surface area contributed by atoms with Gasteiger partial charge in [-0.2, -0.15) is 0 Å². The van der Waals surface area contributed by atoms with Gasteiger partial charge < -0.3 is 10.1 Å². The maximum Gasteiger partial charge on any atom is 0.326 e. The number of carbonyl (C=O) groups excluding carboxylic acids is 1. The lowest BCUT2D eigenvalue weighted by Crippen LogP contribution is -2.64. The van der Waals surface area contributed by atoms with Gasteiger partial charge in [0.15, 0.2) is 0 Å². The molecule has 1 aliphatic heterocycles. The van der Waals surface area contributed by atoms with Crippen molar-refractivity contribution in [3.8, 4) is 0 Å². The second-order valence-corrected chi connectivity index (χ2v) is 4.42. The Morgan fingerprint density at radius 2 is 2.41 bits per heavy atom. The van der Waals surface area contributed by atoms with Crippen LogP contribution in [-0.4, -0.2) is 37.7 Å². The molecule has 0 aliphatic carbocycles. The van der Waals surface area contributed by atoms with Gasteiger partial charge in [-0.25, -0.2) is 0 Å². The van der Waals surface area contributed by atoms with Crippen LogP contribution in [0.3, 0.4) is 0 Å². The predicted octanol–water partition coefficient (Wildman–Crippen LogP) is 1.08. The summed E-state index contributed by atoms with van der Waals surface area (Å²) in [6.07, 6.45) is 3.52. The summed E-state index contributed by atoms with van der Waals surface area (Å²) in [5.74, 6) is 0.158. The third-order valence-electron chi connectivity index (χ3n) is 3.48. The third-order valence-corrected chi connectivity index (χ3v) is 3.48. The maximum atomic E-state index is 12.2. The predicted molar refractivity (Wildman–Crippen MR) is 68.8 cm³/mol. The Morgan fingerprint density at radius 1 is 1.65 bits per heavy atom. The Labute approximate surface area is 104 Å². The van der Waals surface area contributed by atoms with Gasteiger partial charge in [-0.15, -0.1) is 6.58 Å². The molecular weight excluding hydrogens is 216 g/mol. The molecule has 2 N–H and O–H groups in total. The van der Waals surface area contributed by atoms with Crippen LogP contribution in [0.5, 0.6) is 0 Å². The topological polar surface area (TPSA) is 50.4 Å². The first-order valence-corrected chi connectivity index (χ1v) is 6.45. The number of hydrogen-bond donors (Lipinski definition) is 2. The molecule has 0 amide bonds. The lowest BCUT2D eigenvalue weighted by atomic mass is 9.76. The summed E-state index contributed by atoms with van der Waals surface area (Å²) in [6, 6.07) is 0. The molecule has 0 spiro atoms. The zero-order valence-electron chi connectivity index (χ0n) is 10.9. The van der Waals surface area contributed by atoms with Gasteiger partial charge in [-0.3, -0.25) is 10.1 Å². The summed E-state index contributed by atoms with van der Waals surface area (Å²) >= 11 is 0. The first-order valence-electron chi connectivity index (χ1n) is 6.45. The van der Waals surface area contributed by atoms with E-state index >= 15 is 0 Å². The molecule has 0 aromatic carbocycles. The minimum atomic E-state index is -0.537. The number of piperidine rings is 1. The van der Waals surface area contributed by atoms with Crippen molar-refractivity contribution in [2.45, 2.75) is 32.2 Å². The molecule has 4 heteroatoms. The Kier molecular flexibility index (Phi) is 5.65. The standard InChI is InChI=1S/C13H24N2O2/c1-4-8-15-13(12(16)17-6-3)7-9-14-10-11(13)5-2/h4,11,14-15H,1,5-10H2,2-3H3. The summed E-state index contributed by atoms with van der Waals surface area (Å²) in [5, 5.41) is 6.68. The molecule has 2 atom stereocenters. The van der Waals surface area contributed by atoms with Crippen molar-refractivity contribution in [2.75, 3.05) is 26.2 Å². The highest BCUT2D eigenvalue weighted by atomic mass is 16.5. The van der Waals surface area contributed by atoms with Crippen LogP contribution in [0.2, 0.25) is 0 Å². The summed E-state index contributed by atoms with van der Waals surface area (Å²) in [4.78, 5) is 12.2. The van der Waals surface area contributed by atoms with Crippen LogP contribution in [-0.2, 0) is 9.53 Å². The number of esters is 1. The number of hydrogen-bond acceptors (Lipinski definition) is 4. The molecule has 1 heterocycles. The monoisotopic (exact) mass is 240 g/mol. The fraction of sp³-hybridized carbons (Fsp3) is 0.769. The van der Waals surface area contributed by atoms with E-state index in [0.717, 1.165) is 25.9 Å². The van der Waals surface area contributed by atoms with Gasteiger partial charge in [0.1, 0.15) is 5.54 Å². The maximum absolute atomic E-state index is 12.2. The fourth-order valence-electron chi connectivity index (χ4n) is 2.52. The molecule has 0 saturated carbocycles. The lowest BCUT2D eigenvalue weighted by Gasteiger charge is -2.42. The van der Waals surface area contributed by atoms with E-state index in [2.05, 4.69) is 24.1 Å². The molecule has 2 unspecified atom stereocenters. The average Bonchev–Trinajstić information content (AvgIpc) is 2.36. The second-order valence-electron chi connectivity index (χ2n) is 4.42. The van der Waals surface area contributed by atoms with Crippen molar-refractivity contribution in [1.29, 1.82) is 0 Å². The van der Waals surface area contributed by atoms with Gasteiger partial charge in [-0.05, 0) is 26.3 Å². The van der Waals surface area contributed by atoms with Crippen molar-refractivity contribution in [3.63, 3.8) is 0 Å². The third kappa shape index (κ3) is 3.07. The van der Waals surface area contributed by atoms with Crippen molar-refractivity contribution in [1.82, 2.24) is 10.6 Å². The molecule has 1 aliphatic rings. The highest BCUT2D eigenvalue weighted by Crippen LogP contribution is 2.28. The smallest absolute Gasteiger partial charge is 0.326 e. The van der Waals surface area contributed by atoms with Crippen LogP contribution in [0.15, 0.2) is 12.7 Å². The average molecular weight is 240 g/mol. The Bertz CT molecular complexity index is 268. The molecule has 0 aromatic rings. The molecule has 0 radical (unpaired) electrons. The summed E-state index contributed by atoms with van der Waals surface area (Å²) in [5.41, 5.74) is -0.537. The molecule has 98 valence electrons. The summed E-state index contributed by atoms with van der Waals surface area (Å²) in [7, 11) is 0. The van der Waals surface area contributed by atoms with Gasteiger partial charge >= 0.3 is 5.97 Å². The zero-order chi connectivity index (χ0) is 12.7. The Hall–Kier alpha value is -0.870. The van der Waals surface area contributed by atoms with Crippen molar-refractivity contribution in [3.05, 3.63) is 12.7 Å². The van der Waals surface area contributed by atoms with E-state index in [-0.39, 0.29) is 11.9 Å². The number of rotatable bonds is 6. The molecule has 1 saturated heterocycles. The zero-order valence-corrected chi connectivity index (χ0v) is 10.9. The largest absolute Gasteiger partial charge is 0.465 e. The van der Waals surface area contributed by atoms with Gasteiger partial charge in [0.25, 0.3) is 0 Å². The van der Waals surface area contributed by atoms with E-state index in [4.69, 9.17) is 4.74 Å². The first-order chi connectivity index (χ1) is 8.21. The second kappa shape index (κ2) is 6.77. The Balaban J connectivity index is 2.88. The van der Waals surface area contributed by atoms with E-state index < -0.39 is 5.54 Å². The molecule has 0 bridgehead atoms.